The van der Waals surface area contributed by atoms with E-state index in [1.807, 2.05) is 44.4 Å². The van der Waals surface area contributed by atoms with E-state index in [1.165, 1.54) is 32.1 Å². The smallest absolute Gasteiger partial charge is 0.319 e. The average Bonchev–Trinajstić information content (AvgIpc) is 2.77. The molecule has 1 aromatic carbocycles. The maximum atomic E-state index is 12.5. The first-order chi connectivity index (χ1) is 14.5. The normalized spacial score (nSPS) is 11.2. The highest BCUT2D eigenvalue weighted by Crippen LogP contribution is 2.27. The van der Waals surface area contributed by atoms with Gasteiger partial charge in [-0.3, -0.25) is 0 Å². The summed E-state index contributed by atoms with van der Waals surface area (Å²) in [5, 5.41) is 0. The molecule has 2 amide bonds. The molecule has 1 aromatic rings. The van der Waals surface area contributed by atoms with Gasteiger partial charge in [-0.2, -0.15) is 0 Å². The maximum absolute atomic E-state index is 12.5. The number of ether oxygens (including phenoxy) is 2. The third-order valence-electron chi connectivity index (χ3n) is 5.07. The molecule has 0 heterocycles. The number of nitrogens with zero attached hydrogens (tertiary/aromatic N) is 2. The van der Waals surface area contributed by atoms with E-state index in [9.17, 15) is 4.79 Å². The average molecular weight is 417 g/mol. The summed E-state index contributed by atoms with van der Waals surface area (Å²) in [7, 11) is 6.92. The Morgan fingerprint density at radius 2 is 1.63 bits per heavy atom. The summed E-state index contributed by atoms with van der Waals surface area (Å²) in [5.41, 5.74) is 1.11. The van der Waals surface area contributed by atoms with Crippen LogP contribution in [0.3, 0.4) is 0 Å². The van der Waals surface area contributed by atoms with Gasteiger partial charge in [-0.1, -0.05) is 63.0 Å². The van der Waals surface area contributed by atoms with E-state index in [4.69, 9.17) is 9.47 Å². The van der Waals surface area contributed by atoms with Crippen LogP contribution < -0.4 is 9.47 Å². The molecule has 0 aliphatic carbocycles. The molecule has 1 rings (SSSR count). The number of carbonyl (C=O) groups excluding carboxylic acids is 1. The summed E-state index contributed by atoms with van der Waals surface area (Å²) in [6.45, 7) is 3.48. The maximum Gasteiger partial charge on any atom is 0.319 e. The fourth-order valence-corrected chi connectivity index (χ4v) is 3.14. The summed E-state index contributed by atoms with van der Waals surface area (Å²) in [5.74, 6) is 1.42. The number of benzene rings is 1. The quantitative estimate of drug-likeness (QED) is 0.288. The van der Waals surface area contributed by atoms with Crippen molar-refractivity contribution in [1.29, 1.82) is 0 Å². The van der Waals surface area contributed by atoms with Crippen LogP contribution in [0.1, 0.15) is 51.0 Å². The summed E-state index contributed by atoms with van der Waals surface area (Å²) in [6, 6.07) is 5.87. The molecule has 0 radical (unpaired) electrons. The first kappa shape index (κ1) is 25.6. The lowest BCUT2D eigenvalue weighted by molar-refractivity contribution is 0.178. The van der Waals surface area contributed by atoms with E-state index in [0.717, 1.165) is 18.4 Å². The lowest BCUT2D eigenvalue weighted by atomic mass is 10.1. The van der Waals surface area contributed by atoms with E-state index in [1.54, 1.807) is 24.0 Å². The molecule has 0 fully saturated rings. The topological polar surface area (TPSA) is 42.0 Å². The molecule has 0 aliphatic rings. The van der Waals surface area contributed by atoms with E-state index >= 15 is 0 Å². The number of likely N-dealkylation sites (N-methyl/N-ethyl adjacent to an activating group) is 2. The van der Waals surface area contributed by atoms with Crippen molar-refractivity contribution < 1.29 is 14.3 Å². The number of rotatable bonds is 14. The largest absolute Gasteiger partial charge is 0.493 e. The zero-order chi connectivity index (χ0) is 22.2. The molecule has 0 saturated heterocycles. The molecule has 0 aromatic heterocycles. The first-order valence-electron chi connectivity index (χ1n) is 11.0. The number of amides is 2. The van der Waals surface area contributed by atoms with Gasteiger partial charge in [-0.15, -0.1) is 0 Å². The van der Waals surface area contributed by atoms with Gasteiger partial charge in [-0.05, 0) is 37.0 Å². The molecule has 5 heteroatoms. The van der Waals surface area contributed by atoms with E-state index in [0.29, 0.717) is 24.6 Å². The van der Waals surface area contributed by atoms with Crippen molar-refractivity contribution in [3.8, 4) is 11.5 Å². The molecule has 0 N–H and O–H groups in total. The number of urea groups is 1. The van der Waals surface area contributed by atoms with Crippen molar-refractivity contribution in [1.82, 2.24) is 9.80 Å². The molecule has 0 aliphatic heterocycles. The summed E-state index contributed by atoms with van der Waals surface area (Å²) in [4.78, 5) is 16.0. The molecule has 0 saturated carbocycles. The molecule has 0 atom stereocenters. The van der Waals surface area contributed by atoms with Crippen molar-refractivity contribution >= 4 is 6.03 Å². The molecule has 0 unspecified atom stereocenters. The zero-order valence-corrected chi connectivity index (χ0v) is 19.5. The third kappa shape index (κ3) is 9.86. The Morgan fingerprint density at radius 1 is 0.933 bits per heavy atom. The molecule has 0 bridgehead atoms. The Balaban J connectivity index is 2.33. The van der Waals surface area contributed by atoms with Crippen LogP contribution in [-0.2, 0) is 6.42 Å². The highest BCUT2D eigenvalue weighted by atomic mass is 16.5. The van der Waals surface area contributed by atoms with Crippen molar-refractivity contribution in [2.45, 2.75) is 51.9 Å². The standard InChI is InChI=1S/C25H40N2O3/c1-6-7-8-9-10-11-12-13-14-15-19-26(2)25(28)27(3)20-18-22-16-17-23(29-4)24(21-22)30-5/h12-17,21H,6-11,18-20H2,1-5H3/b13-12+,15-14+. The Kier molecular flexibility index (Phi) is 13.2. The minimum absolute atomic E-state index is 0.0139. The van der Waals surface area contributed by atoms with Crippen LogP contribution in [0.15, 0.2) is 42.5 Å². The van der Waals surface area contributed by atoms with Gasteiger partial charge in [0, 0.05) is 27.2 Å². The van der Waals surface area contributed by atoms with Crippen LogP contribution in [0.4, 0.5) is 4.79 Å². The van der Waals surface area contributed by atoms with Gasteiger partial charge >= 0.3 is 6.03 Å². The summed E-state index contributed by atoms with van der Waals surface area (Å²) in [6.07, 6.45) is 16.8. The van der Waals surface area contributed by atoms with Gasteiger partial charge < -0.3 is 19.3 Å². The predicted octanol–water partition coefficient (Wildman–Crippen LogP) is 5.70. The van der Waals surface area contributed by atoms with Crippen LogP contribution >= 0.6 is 0 Å². The number of unbranched alkanes of at least 4 members (excludes halogenated alkanes) is 5. The van der Waals surface area contributed by atoms with Gasteiger partial charge in [-0.25, -0.2) is 4.79 Å². The number of carbonyl (C=O) groups is 1. The van der Waals surface area contributed by atoms with Gasteiger partial charge in [0.05, 0.1) is 14.2 Å². The molecular weight excluding hydrogens is 376 g/mol. The lowest BCUT2D eigenvalue weighted by Gasteiger charge is -2.24. The van der Waals surface area contributed by atoms with Crippen molar-refractivity contribution in [3.63, 3.8) is 0 Å². The van der Waals surface area contributed by atoms with Crippen LogP contribution in [0.2, 0.25) is 0 Å². The van der Waals surface area contributed by atoms with Gasteiger partial charge in [0.15, 0.2) is 11.5 Å². The minimum atomic E-state index is 0.0139. The van der Waals surface area contributed by atoms with Crippen LogP contribution in [0.25, 0.3) is 0 Å². The summed E-state index contributed by atoms with van der Waals surface area (Å²) >= 11 is 0. The Bertz CT molecular complexity index is 670. The predicted molar refractivity (Wildman–Crippen MR) is 126 cm³/mol. The first-order valence-corrected chi connectivity index (χ1v) is 11.0. The monoisotopic (exact) mass is 416 g/mol. The fraction of sp³-hybridized carbons (Fsp3) is 0.560. The Labute approximate surface area is 183 Å². The number of hydrogen-bond donors (Lipinski definition) is 0. The Morgan fingerprint density at radius 3 is 2.33 bits per heavy atom. The van der Waals surface area contributed by atoms with Crippen molar-refractivity contribution in [3.05, 3.63) is 48.1 Å². The SMILES string of the molecule is CCCCCCC/C=C/C=C/CN(C)C(=O)N(C)CCc1ccc(OC)c(OC)c1. The second kappa shape index (κ2) is 15.4. The van der Waals surface area contributed by atoms with Gasteiger partial charge in [0.2, 0.25) is 0 Å². The van der Waals surface area contributed by atoms with Crippen molar-refractivity contribution in [2.24, 2.45) is 0 Å². The van der Waals surface area contributed by atoms with Gasteiger partial charge in [0.25, 0.3) is 0 Å². The second-order valence-electron chi connectivity index (χ2n) is 7.58. The van der Waals surface area contributed by atoms with Crippen LogP contribution in [0.5, 0.6) is 11.5 Å². The molecule has 0 spiro atoms. The van der Waals surface area contributed by atoms with Crippen LogP contribution in [-0.4, -0.2) is 57.2 Å². The highest BCUT2D eigenvalue weighted by molar-refractivity contribution is 5.74. The summed E-state index contributed by atoms with van der Waals surface area (Å²) < 4.78 is 10.6. The highest BCUT2D eigenvalue weighted by Gasteiger charge is 2.13. The van der Waals surface area contributed by atoms with E-state index in [2.05, 4.69) is 19.1 Å². The van der Waals surface area contributed by atoms with E-state index in [-0.39, 0.29) is 6.03 Å². The van der Waals surface area contributed by atoms with Gasteiger partial charge in [0.1, 0.15) is 0 Å². The van der Waals surface area contributed by atoms with Crippen molar-refractivity contribution in [2.75, 3.05) is 41.4 Å². The molecule has 5 nitrogen and oxygen atoms in total. The zero-order valence-electron chi connectivity index (χ0n) is 19.5. The lowest BCUT2D eigenvalue weighted by Crippen LogP contribution is -2.39. The second-order valence-corrected chi connectivity index (χ2v) is 7.58. The molecule has 30 heavy (non-hydrogen) atoms. The molecular formula is C25H40N2O3. The van der Waals surface area contributed by atoms with E-state index < -0.39 is 0 Å². The van der Waals surface area contributed by atoms with Crippen LogP contribution in [0, 0.1) is 0 Å². The minimum Gasteiger partial charge on any atom is -0.493 e. The fourth-order valence-electron chi connectivity index (χ4n) is 3.14. The third-order valence-corrected chi connectivity index (χ3v) is 5.07. The number of allylic oxidation sites excluding steroid dienone is 3. The molecule has 168 valence electrons. The number of methoxy groups -OCH3 is 2. The number of hydrogen-bond acceptors (Lipinski definition) is 3. The Hall–Kier alpha value is -2.43.